The Hall–Kier alpha value is -2.46. The molecule has 7 nitrogen and oxygen atoms in total. The average Bonchev–Trinajstić information content (AvgIpc) is 3.32. The number of sulfonamides is 1. The van der Waals surface area contributed by atoms with E-state index >= 15 is 0 Å². The minimum absolute atomic E-state index is 0.0483. The maximum Gasteiger partial charge on any atom is 0.244 e. The van der Waals surface area contributed by atoms with Crippen LogP contribution in [0, 0.1) is 12.7 Å². The summed E-state index contributed by atoms with van der Waals surface area (Å²) in [5, 5.41) is 3.06. The first-order valence-electron chi connectivity index (χ1n) is 12.1. The maximum atomic E-state index is 13.7. The van der Waals surface area contributed by atoms with E-state index in [4.69, 9.17) is 0 Å². The van der Waals surface area contributed by atoms with E-state index in [0.717, 1.165) is 46.3 Å². The first kappa shape index (κ1) is 28.1. The van der Waals surface area contributed by atoms with Crippen LogP contribution in [-0.2, 0) is 26.2 Å². The van der Waals surface area contributed by atoms with Gasteiger partial charge in [0.2, 0.25) is 21.8 Å². The third-order valence-corrected chi connectivity index (χ3v) is 8.49. The third kappa shape index (κ3) is 7.29. The molecule has 10 heteroatoms. The number of halogens is 2. The van der Waals surface area contributed by atoms with Crippen molar-refractivity contribution in [2.45, 2.75) is 64.6 Å². The molecule has 2 aromatic rings. The van der Waals surface area contributed by atoms with E-state index in [2.05, 4.69) is 21.2 Å². The number of aryl methyl sites for hydroxylation is 1. The molecule has 3 rings (SSSR count). The monoisotopic (exact) mass is 581 g/mol. The van der Waals surface area contributed by atoms with Gasteiger partial charge in [-0.3, -0.25) is 13.9 Å². The second kappa shape index (κ2) is 12.2. The van der Waals surface area contributed by atoms with Gasteiger partial charge in [-0.1, -0.05) is 47.8 Å². The summed E-state index contributed by atoms with van der Waals surface area (Å²) in [5.41, 5.74) is 1.82. The summed E-state index contributed by atoms with van der Waals surface area (Å²) < 4.78 is 40.8. The highest BCUT2D eigenvalue weighted by Crippen LogP contribution is 2.25. The Morgan fingerprint density at radius 2 is 1.78 bits per heavy atom. The molecule has 0 saturated heterocycles. The van der Waals surface area contributed by atoms with Crippen molar-refractivity contribution in [1.29, 1.82) is 0 Å². The zero-order chi connectivity index (χ0) is 26.5. The number of carbonyl (C=O) groups is 2. The van der Waals surface area contributed by atoms with Crippen LogP contribution in [0.2, 0.25) is 0 Å². The summed E-state index contributed by atoms with van der Waals surface area (Å²) in [6, 6.07) is 10.0. The lowest BCUT2D eigenvalue weighted by molar-refractivity contribution is -0.140. The molecule has 1 aliphatic rings. The predicted molar refractivity (Wildman–Crippen MR) is 142 cm³/mol. The number of amides is 2. The molecule has 0 aromatic heterocycles. The first-order valence-corrected chi connectivity index (χ1v) is 14.7. The summed E-state index contributed by atoms with van der Waals surface area (Å²) in [6.07, 6.45) is 5.30. The quantitative estimate of drug-likeness (QED) is 0.446. The fourth-order valence-electron chi connectivity index (χ4n) is 4.47. The van der Waals surface area contributed by atoms with Crippen LogP contribution in [0.15, 0.2) is 46.9 Å². The van der Waals surface area contributed by atoms with E-state index in [9.17, 15) is 22.4 Å². The summed E-state index contributed by atoms with van der Waals surface area (Å²) in [5.74, 6) is -1.18. The van der Waals surface area contributed by atoms with Crippen LogP contribution in [0.5, 0.6) is 0 Å². The largest absolute Gasteiger partial charge is 0.352 e. The molecule has 1 aliphatic carbocycles. The molecule has 0 heterocycles. The van der Waals surface area contributed by atoms with E-state index in [1.807, 2.05) is 13.8 Å². The number of rotatable bonds is 10. The summed E-state index contributed by atoms with van der Waals surface area (Å²) in [6.45, 7) is 3.23. The van der Waals surface area contributed by atoms with Gasteiger partial charge in [0.1, 0.15) is 18.4 Å². The van der Waals surface area contributed by atoms with E-state index in [1.54, 1.807) is 30.3 Å². The van der Waals surface area contributed by atoms with Crippen LogP contribution in [0.1, 0.15) is 50.2 Å². The molecule has 1 N–H and O–H groups in total. The highest BCUT2D eigenvalue weighted by atomic mass is 79.9. The molecule has 0 spiro atoms. The van der Waals surface area contributed by atoms with Crippen molar-refractivity contribution in [3.8, 4) is 0 Å². The summed E-state index contributed by atoms with van der Waals surface area (Å²) in [7, 11) is -3.81. The van der Waals surface area contributed by atoms with Crippen molar-refractivity contribution in [3.05, 3.63) is 63.9 Å². The van der Waals surface area contributed by atoms with Gasteiger partial charge < -0.3 is 10.2 Å². The molecule has 1 atom stereocenters. The van der Waals surface area contributed by atoms with Crippen molar-refractivity contribution >= 4 is 43.5 Å². The van der Waals surface area contributed by atoms with E-state index in [1.165, 1.54) is 17.0 Å². The van der Waals surface area contributed by atoms with E-state index in [-0.39, 0.29) is 18.5 Å². The van der Waals surface area contributed by atoms with Crippen LogP contribution in [0.4, 0.5) is 10.1 Å². The maximum absolute atomic E-state index is 13.7. The van der Waals surface area contributed by atoms with Crippen LogP contribution < -0.4 is 9.62 Å². The Morgan fingerprint density at radius 3 is 2.33 bits per heavy atom. The average molecular weight is 583 g/mol. The van der Waals surface area contributed by atoms with Gasteiger partial charge >= 0.3 is 0 Å². The molecule has 0 aliphatic heterocycles. The minimum atomic E-state index is -3.81. The second-order valence-electron chi connectivity index (χ2n) is 9.27. The molecule has 0 radical (unpaired) electrons. The normalized spacial score (nSPS) is 14.9. The second-order valence-corrected chi connectivity index (χ2v) is 12.0. The Balaban J connectivity index is 1.92. The number of carbonyl (C=O) groups excluding carboxylic acids is 2. The summed E-state index contributed by atoms with van der Waals surface area (Å²) in [4.78, 5) is 28.4. The van der Waals surface area contributed by atoms with Gasteiger partial charge in [0.15, 0.2) is 0 Å². The molecule has 36 heavy (non-hydrogen) atoms. The molecule has 0 unspecified atom stereocenters. The standard InChI is InChI=1S/C26H33BrFN3O4S/c1-4-24(26(33)29-21-7-5-6-8-21)30(16-19-9-11-20(28)12-10-19)25(32)17-31(36(3,34)35)22-13-14-23(27)18(2)15-22/h9-15,21,24H,4-8,16-17H2,1-3H3,(H,29,33)/t24-/m1/s1. The Bertz CT molecular complexity index is 1180. The van der Waals surface area contributed by atoms with Crippen molar-refractivity contribution < 1.29 is 22.4 Å². The topological polar surface area (TPSA) is 86.8 Å². The highest BCUT2D eigenvalue weighted by molar-refractivity contribution is 9.10. The Labute approximate surface area is 221 Å². The van der Waals surface area contributed by atoms with Gasteiger partial charge in [0.25, 0.3) is 0 Å². The van der Waals surface area contributed by atoms with Crippen LogP contribution in [0.25, 0.3) is 0 Å². The van der Waals surface area contributed by atoms with Gasteiger partial charge in [-0.15, -0.1) is 0 Å². The molecule has 0 bridgehead atoms. The van der Waals surface area contributed by atoms with Crippen molar-refractivity contribution in [3.63, 3.8) is 0 Å². The molecular weight excluding hydrogens is 549 g/mol. The number of benzene rings is 2. The Kier molecular flexibility index (Phi) is 9.52. The molecule has 196 valence electrons. The number of hydrogen-bond acceptors (Lipinski definition) is 4. The predicted octanol–water partition coefficient (Wildman–Crippen LogP) is 4.53. The fraction of sp³-hybridized carbons (Fsp3) is 0.462. The number of nitrogens with zero attached hydrogens (tertiary/aromatic N) is 2. The molecule has 1 saturated carbocycles. The molecular formula is C26H33BrFN3O4S. The lowest BCUT2D eigenvalue weighted by Gasteiger charge is -2.33. The van der Waals surface area contributed by atoms with E-state index in [0.29, 0.717) is 17.7 Å². The molecule has 2 amide bonds. The van der Waals surface area contributed by atoms with Gasteiger partial charge in [0, 0.05) is 17.1 Å². The Morgan fingerprint density at radius 1 is 1.14 bits per heavy atom. The minimum Gasteiger partial charge on any atom is -0.352 e. The zero-order valence-electron chi connectivity index (χ0n) is 20.8. The van der Waals surface area contributed by atoms with Gasteiger partial charge in [0.05, 0.1) is 11.9 Å². The summed E-state index contributed by atoms with van der Waals surface area (Å²) >= 11 is 3.41. The van der Waals surface area contributed by atoms with Gasteiger partial charge in [-0.2, -0.15) is 0 Å². The van der Waals surface area contributed by atoms with Crippen LogP contribution in [0.3, 0.4) is 0 Å². The first-order chi connectivity index (χ1) is 17.0. The third-order valence-electron chi connectivity index (χ3n) is 6.46. The SMILES string of the molecule is CC[C@H](C(=O)NC1CCCC1)N(Cc1ccc(F)cc1)C(=O)CN(c1ccc(Br)c(C)c1)S(C)(=O)=O. The molecule has 2 aromatic carbocycles. The lowest BCUT2D eigenvalue weighted by atomic mass is 10.1. The highest BCUT2D eigenvalue weighted by Gasteiger charge is 2.33. The fourth-order valence-corrected chi connectivity index (χ4v) is 5.56. The number of nitrogens with one attached hydrogen (secondary N) is 1. The van der Waals surface area contributed by atoms with Crippen LogP contribution >= 0.6 is 15.9 Å². The zero-order valence-corrected chi connectivity index (χ0v) is 23.2. The van der Waals surface area contributed by atoms with E-state index < -0.39 is 34.3 Å². The van der Waals surface area contributed by atoms with Crippen molar-refractivity contribution in [1.82, 2.24) is 10.2 Å². The lowest BCUT2D eigenvalue weighted by Crippen LogP contribution is -2.53. The smallest absolute Gasteiger partial charge is 0.244 e. The van der Waals surface area contributed by atoms with Gasteiger partial charge in [-0.05, 0) is 67.6 Å². The molecule has 1 fully saturated rings. The van der Waals surface area contributed by atoms with Crippen molar-refractivity contribution in [2.24, 2.45) is 0 Å². The van der Waals surface area contributed by atoms with Crippen LogP contribution in [-0.4, -0.2) is 50.0 Å². The number of hydrogen-bond donors (Lipinski definition) is 1. The van der Waals surface area contributed by atoms with Gasteiger partial charge in [-0.25, -0.2) is 12.8 Å². The van der Waals surface area contributed by atoms with Crippen molar-refractivity contribution in [2.75, 3.05) is 17.1 Å². The number of anilines is 1.